The van der Waals surface area contributed by atoms with Crippen LogP contribution in [0.2, 0.25) is 0 Å². The van der Waals surface area contributed by atoms with Gasteiger partial charge >= 0.3 is 0 Å². The molecule has 0 amide bonds. The number of imidazole rings is 1. The van der Waals surface area contributed by atoms with E-state index >= 15 is 0 Å². The Kier molecular flexibility index (Phi) is 3.78. The van der Waals surface area contributed by atoms with Crippen LogP contribution in [-0.2, 0) is 13.2 Å². The third-order valence-corrected chi connectivity index (χ3v) is 3.10. The van der Waals surface area contributed by atoms with Gasteiger partial charge in [0.2, 0.25) is 0 Å². The summed E-state index contributed by atoms with van der Waals surface area (Å²) in [6, 6.07) is 18.4. The molecule has 2 aromatic carbocycles. The molecule has 0 aliphatic carbocycles. The molecule has 0 unspecified atom stereocenters. The van der Waals surface area contributed by atoms with Crippen LogP contribution in [0.25, 0.3) is 0 Å². The molecule has 3 nitrogen and oxygen atoms in total. The molecule has 0 spiro atoms. The van der Waals surface area contributed by atoms with E-state index in [0.717, 1.165) is 12.3 Å². The van der Waals surface area contributed by atoms with E-state index in [9.17, 15) is 0 Å². The molecule has 0 radical (unpaired) electrons. The van der Waals surface area contributed by atoms with Gasteiger partial charge in [-0.3, -0.25) is 0 Å². The fourth-order valence-electron chi connectivity index (χ4n) is 2.02. The number of hydrogen-bond acceptors (Lipinski definition) is 2. The summed E-state index contributed by atoms with van der Waals surface area (Å²) in [6.45, 7) is 1.43. The van der Waals surface area contributed by atoms with Crippen LogP contribution in [0, 0.1) is 0 Å². The van der Waals surface area contributed by atoms with Gasteiger partial charge in [-0.25, -0.2) is 4.98 Å². The van der Waals surface area contributed by atoms with Crippen molar-refractivity contribution in [2.45, 2.75) is 13.2 Å². The lowest BCUT2D eigenvalue weighted by molar-refractivity contribution is 0.306. The molecule has 1 aromatic heterocycles. The number of benzene rings is 2. The van der Waals surface area contributed by atoms with E-state index in [1.165, 1.54) is 11.1 Å². The molecule has 3 heteroatoms. The lowest BCUT2D eigenvalue weighted by atomic mass is 10.2. The summed E-state index contributed by atoms with van der Waals surface area (Å²) in [5.74, 6) is 0.892. The predicted molar refractivity (Wildman–Crippen MR) is 78.5 cm³/mol. The van der Waals surface area contributed by atoms with E-state index in [0.29, 0.717) is 6.61 Å². The van der Waals surface area contributed by atoms with Gasteiger partial charge < -0.3 is 9.30 Å². The maximum atomic E-state index is 5.76. The Labute approximate surface area is 118 Å². The van der Waals surface area contributed by atoms with Gasteiger partial charge in [0.1, 0.15) is 12.4 Å². The topological polar surface area (TPSA) is 27.1 Å². The molecule has 1 heterocycles. The fraction of sp³-hybridized carbons (Fsp3) is 0.118. The van der Waals surface area contributed by atoms with Crippen molar-refractivity contribution in [3.8, 4) is 5.75 Å². The van der Waals surface area contributed by atoms with Crippen molar-refractivity contribution < 1.29 is 4.74 Å². The van der Waals surface area contributed by atoms with E-state index in [2.05, 4.69) is 29.2 Å². The molecule has 3 rings (SSSR count). The second kappa shape index (κ2) is 6.06. The van der Waals surface area contributed by atoms with Crippen LogP contribution in [0.5, 0.6) is 5.75 Å². The molecule has 0 aliphatic heterocycles. The van der Waals surface area contributed by atoms with E-state index in [1.807, 2.05) is 47.4 Å². The highest BCUT2D eigenvalue weighted by atomic mass is 16.5. The number of ether oxygens (including phenoxy) is 1. The lowest BCUT2D eigenvalue weighted by Gasteiger charge is -2.07. The van der Waals surface area contributed by atoms with Gasteiger partial charge in [0.25, 0.3) is 0 Å². The Morgan fingerprint density at radius 3 is 2.40 bits per heavy atom. The summed E-state index contributed by atoms with van der Waals surface area (Å²) in [5.41, 5.74) is 2.41. The molecule has 0 aliphatic rings. The summed E-state index contributed by atoms with van der Waals surface area (Å²) in [7, 11) is 0. The van der Waals surface area contributed by atoms with Crippen molar-refractivity contribution in [3.63, 3.8) is 0 Å². The van der Waals surface area contributed by atoms with E-state index in [-0.39, 0.29) is 0 Å². The molecule has 0 saturated carbocycles. The zero-order valence-corrected chi connectivity index (χ0v) is 11.1. The fourth-order valence-corrected chi connectivity index (χ4v) is 2.02. The third kappa shape index (κ3) is 3.26. The standard InChI is InChI=1S/C17H16N2O/c1-2-4-16(5-3-1)13-20-17-8-6-15(7-9-17)12-19-11-10-18-14-19/h1-11,14H,12-13H2. The molecule has 0 bridgehead atoms. The average Bonchev–Trinajstić information content (AvgIpc) is 3.01. The highest BCUT2D eigenvalue weighted by Gasteiger charge is 1.98. The Hall–Kier alpha value is -2.55. The normalized spacial score (nSPS) is 10.4. The molecule has 0 N–H and O–H groups in total. The minimum absolute atomic E-state index is 0.599. The highest BCUT2D eigenvalue weighted by molar-refractivity contribution is 5.28. The van der Waals surface area contributed by atoms with Gasteiger partial charge in [-0.15, -0.1) is 0 Å². The second-order valence-corrected chi connectivity index (χ2v) is 4.65. The van der Waals surface area contributed by atoms with Gasteiger partial charge in [-0.1, -0.05) is 42.5 Å². The lowest BCUT2D eigenvalue weighted by Crippen LogP contribution is -1.97. The first kappa shape index (κ1) is 12.5. The maximum Gasteiger partial charge on any atom is 0.119 e. The first-order chi connectivity index (χ1) is 9.90. The molecular formula is C17H16N2O. The highest BCUT2D eigenvalue weighted by Crippen LogP contribution is 2.15. The van der Waals surface area contributed by atoms with Crippen LogP contribution in [0.15, 0.2) is 73.3 Å². The second-order valence-electron chi connectivity index (χ2n) is 4.65. The zero-order valence-electron chi connectivity index (χ0n) is 11.1. The van der Waals surface area contributed by atoms with Crippen LogP contribution < -0.4 is 4.74 Å². The van der Waals surface area contributed by atoms with Crippen molar-refractivity contribution in [1.82, 2.24) is 9.55 Å². The SMILES string of the molecule is c1ccc(COc2ccc(Cn3ccnc3)cc2)cc1. The van der Waals surface area contributed by atoms with Gasteiger partial charge in [-0.05, 0) is 23.3 Å². The molecule has 3 aromatic rings. The first-order valence-electron chi connectivity index (χ1n) is 6.61. The third-order valence-electron chi connectivity index (χ3n) is 3.10. The van der Waals surface area contributed by atoms with Crippen molar-refractivity contribution in [2.24, 2.45) is 0 Å². The maximum absolute atomic E-state index is 5.76. The van der Waals surface area contributed by atoms with Gasteiger partial charge in [0.15, 0.2) is 0 Å². The summed E-state index contributed by atoms with van der Waals surface area (Å²) >= 11 is 0. The Bertz CT molecular complexity index is 631. The summed E-state index contributed by atoms with van der Waals surface area (Å²) in [4.78, 5) is 4.04. The van der Waals surface area contributed by atoms with Gasteiger partial charge in [0, 0.05) is 18.9 Å². The van der Waals surface area contributed by atoms with Crippen molar-refractivity contribution in [1.29, 1.82) is 0 Å². The minimum Gasteiger partial charge on any atom is -0.489 e. The van der Waals surface area contributed by atoms with Crippen LogP contribution in [-0.4, -0.2) is 9.55 Å². The quantitative estimate of drug-likeness (QED) is 0.705. The van der Waals surface area contributed by atoms with Crippen LogP contribution in [0.4, 0.5) is 0 Å². The van der Waals surface area contributed by atoms with Crippen molar-refractivity contribution >= 4 is 0 Å². The van der Waals surface area contributed by atoms with Crippen LogP contribution >= 0.6 is 0 Å². The Morgan fingerprint density at radius 2 is 1.70 bits per heavy atom. The number of aromatic nitrogens is 2. The van der Waals surface area contributed by atoms with E-state index in [1.54, 1.807) is 6.20 Å². The number of rotatable bonds is 5. The first-order valence-corrected chi connectivity index (χ1v) is 6.61. The van der Waals surface area contributed by atoms with Crippen molar-refractivity contribution in [3.05, 3.63) is 84.4 Å². The van der Waals surface area contributed by atoms with Crippen LogP contribution in [0.1, 0.15) is 11.1 Å². The van der Waals surface area contributed by atoms with Crippen molar-refractivity contribution in [2.75, 3.05) is 0 Å². The largest absolute Gasteiger partial charge is 0.489 e. The molecule has 20 heavy (non-hydrogen) atoms. The summed E-state index contributed by atoms with van der Waals surface area (Å²) in [5, 5.41) is 0. The van der Waals surface area contributed by atoms with Gasteiger partial charge in [-0.2, -0.15) is 0 Å². The zero-order chi connectivity index (χ0) is 13.6. The monoisotopic (exact) mass is 264 g/mol. The average molecular weight is 264 g/mol. The molecule has 100 valence electrons. The van der Waals surface area contributed by atoms with Gasteiger partial charge in [0.05, 0.1) is 6.33 Å². The molecular weight excluding hydrogens is 248 g/mol. The van der Waals surface area contributed by atoms with Crippen LogP contribution in [0.3, 0.4) is 0 Å². The number of hydrogen-bond donors (Lipinski definition) is 0. The Balaban J connectivity index is 1.59. The summed E-state index contributed by atoms with van der Waals surface area (Å²) < 4.78 is 7.80. The smallest absolute Gasteiger partial charge is 0.119 e. The number of nitrogens with zero attached hydrogens (tertiary/aromatic N) is 2. The molecule has 0 saturated heterocycles. The Morgan fingerprint density at radius 1 is 0.900 bits per heavy atom. The summed E-state index contributed by atoms with van der Waals surface area (Å²) in [6.07, 6.45) is 5.57. The van der Waals surface area contributed by atoms with E-state index in [4.69, 9.17) is 4.74 Å². The minimum atomic E-state index is 0.599. The molecule has 0 fully saturated rings. The van der Waals surface area contributed by atoms with E-state index < -0.39 is 0 Å². The predicted octanol–water partition coefficient (Wildman–Crippen LogP) is 3.51. The molecule has 0 atom stereocenters.